The van der Waals surface area contributed by atoms with Crippen molar-refractivity contribution < 1.29 is 9.53 Å². The maximum Gasteiger partial charge on any atom is 0.244 e. The van der Waals surface area contributed by atoms with Gasteiger partial charge in [0.05, 0.1) is 6.61 Å². The van der Waals surface area contributed by atoms with Gasteiger partial charge in [0.25, 0.3) is 0 Å². The summed E-state index contributed by atoms with van der Waals surface area (Å²) in [5.41, 5.74) is 2.41. The molecule has 1 heterocycles. The summed E-state index contributed by atoms with van der Waals surface area (Å²) in [7, 11) is 0. The Kier molecular flexibility index (Phi) is 5.56. The number of hydrogen-bond acceptors (Lipinski definition) is 3. The number of hydrogen-bond donors (Lipinski definition) is 1. The van der Waals surface area contributed by atoms with Gasteiger partial charge in [0.1, 0.15) is 6.04 Å². The SMILES string of the molecule is CCOCCN(CC)C(=O)C1NCCc2ccccc21. The number of nitrogens with zero attached hydrogens (tertiary/aromatic N) is 1. The first kappa shape index (κ1) is 15.0. The quantitative estimate of drug-likeness (QED) is 0.805. The predicted octanol–water partition coefficient (Wildman–Crippen LogP) is 1.76. The number of nitrogens with one attached hydrogen (secondary N) is 1. The van der Waals surface area contributed by atoms with Gasteiger partial charge in [0, 0.05) is 26.2 Å². The van der Waals surface area contributed by atoms with Crippen LogP contribution in [0.4, 0.5) is 0 Å². The second-order valence-corrected chi connectivity index (χ2v) is 4.95. The van der Waals surface area contributed by atoms with E-state index in [1.54, 1.807) is 0 Å². The van der Waals surface area contributed by atoms with Crippen molar-refractivity contribution in [1.29, 1.82) is 0 Å². The van der Waals surface area contributed by atoms with Crippen LogP contribution in [0.2, 0.25) is 0 Å². The lowest BCUT2D eigenvalue weighted by molar-refractivity contribution is -0.134. The molecule has 1 atom stereocenters. The molecule has 0 aromatic heterocycles. The topological polar surface area (TPSA) is 41.6 Å². The zero-order valence-corrected chi connectivity index (χ0v) is 12.4. The molecule has 0 saturated carbocycles. The first-order valence-electron chi connectivity index (χ1n) is 7.45. The van der Waals surface area contributed by atoms with E-state index in [2.05, 4.69) is 17.4 Å². The number of carbonyl (C=O) groups is 1. The summed E-state index contributed by atoms with van der Waals surface area (Å²) < 4.78 is 5.36. The van der Waals surface area contributed by atoms with Gasteiger partial charge in [0.2, 0.25) is 5.91 Å². The minimum atomic E-state index is -0.207. The highest BCUT2D eigenvalue weighted by molar-refractivity contribution is 5.84. The van der Waals surface area contributed by atoms with E-state index in [-0.39, 0.29) is 11.9 Å². The number of carbonyl (C=O) groups excluding carboxylic acids is 1. The Labute approximate surface area is 121 Å². The van der Waals surface area contributed by atoms with Crippen LogP contribution >= 0.6 is 0 Å². The summed E-state index contributed by atoms with van der Waals surface area (Å²) in [6, 6.07) is 8.01. The number of ether oxygens (including phenoxy) is 1. The first-order valence-corrected chi connectivity index (χ1v) is 7.45. The number of benzene rings is 1. The summed E-state index contributed by atoms with van der Waals surface area (Å²) in [6.07, 6.45) is 0.991. The standard InChI is InChI=1S/C16H24N2O2/c1-3-18(11-12-20-4-2)16(19)15-14-8-6-5-7-13(14)9-10-17-15/h5-8,15,17H,3-4,9-12H2,1-2H3. The van der Waals surface area contributed by atoms with E-state index < -0.39 is 0 Å². The summed E-state index contributed by atoms with van der Waals surface area (Å²) in [5.74, 6) is 0.152. The lowest BCUT2D eigenvalue weighted by Crippen LogP contribution is -2.44. The second kappa shape index (κ2) is 7.41. The maximum absolute atomic E-state index is 12.7. The summed E-state index contributed by atoms with van der Waals surface area (Å²) >= 11 is 0. The molecule has 0 fully saturated rings. The average Bonchev–Trinajstić information content (AvgIpc) is 2.50. The molecule has 0 bridgehead atoms. The molecule has 1 N–H and O–H groups in total. The lowest BCUT2D eigenvalue weighted by atomic mass is 9.93. The van der Waals surface area contributed by atoms with Gasteiger partial charge in [0.15, 0.2) is 0 Å². The molecule has 110 valence electrons. The molecule has 4 heteroatoms. The van der Waals surface area contributed by atoms with Gasteiger partial charge in [-0.05, 0) is 31.4 Å². The molecule has 1 aromatic rings. The molecule has 0 aliphatic carbocycles. The first-order chi connectivity index (χ1) is 9.77. The maximum atomic E-state index is 12.7. The number of likely N-dealkylation sites (N-methyl/N-ethyl adjacent to an activating group) is 1. The van der Waals surface area contributed by atoms with Crippen molar-refractivity contribution in [2.75, 3.05) is 32.8 Å². The molecule has 1 aliphatic heterocycles. The third-order valence-corrected chi connectivity index (χ3v) is 3.76. The van der Waals surface area contributed by atoms with Gasteiger partial charge in [-0.25, -0.2) is 0 Å². The van der Waals surface area contributed by atoms with Crippen molar-refractivity contribution in [2.24, 2.45) is 0 Å². The Balaban J connectivity index is 2.08. The van der Waals surface area contributed by atoms with E-state index in [1.165, 1.54) is 5.56 Å². The van der Waals surface area contributed by atoms with Crippen molar-refractivity contribution in [3.05, 3.63) is 35.4 Å². The molecular formula is C16H24N2O2. The van der Waals surface area contributed by atoms with Crippen molar-refractivity contribution in [1.82, 2.24) is 10.2 Å². The molecule has 0 spiro atoms. The van der Waals surface area contributed by atoms with Crippen LogP contribution in [0.15, 0.2) is 24.3 Å². The molecule has 20 heavy (non-hydrogen) atoms. The summed E-state index contributed by atoms with van der Waals surface area (Å²) in [4.78, 5) is 14.6. The normalized spacial score (nSPS) is 17.6. The van der Waals surface area contributed by atoms with Crippen LogP contribution in [0.5, 0.6) is 0 Å². The van der Waals surface area contributed by atoms with Crippen LogP contribution in [-0.4, -0.2) is 43.7 Å². The third kappa shape index (κ3) is 3.38. The van der Waals surface area contributed by atoms with E-state index in [4.69, 9.17) is 4.74 Å². The highest BCUT2D eigenvalue weighted by Crippen LogP contribution is 2.24. The van der Waals surface area contributed by atoms with Crippen molar-refractivity contribution >= 4 is 5.91 Å². The van der Waals surface area contributed by atoms with E-state index >= 15 is 0 Å². The van der Waals surface area contributed by atoms with Crippen molar-refractivity contribution in [2.45, 2.75) is 26.3 Å². The molecule has 0 saturated heterocycles. The molecule has 1 aromatic carbocycles. The van der Waals surface area contributed by atoms with E-state index in [0.29, 0.717) is 26.3 Å². The van der Waals surface area contributed by atoms with E-state index in [1.807, 2.05) is 30.9 Å². The van der Waals surface area contributed by atoms with Crippen LogP contribution in [0.25, 0.3) is 0 Å². The summed E-state index contributed by atoms with van der Waals surface area (Å²) in [6.45, 7) is 7.50. The summed E-state index contributed by atoms with van der Waals surface area (Å²) in [5, 5.41) is 3.35. The van der Waals surface area contributed by atoms with Crippen molar-refractivity contribution in [3.63, 3.8) is 0 Å². The number of amides is 1. The van der Waals surface area contributed by atoms with Gasteiger partial charge in [-0.3, -0.25) is 4.79 Å². The molecule has 1 unspecified atom stereocenters. The number of rotatable bonds is 6. The van der Waals surface area contributed by atoms with Gasteiger partial charge >= 0.3 is 0 Å². The van der Waals surface area contributed by atoms with Crippen LogP contribution in [0.3, 0.4) is 0 Å². The fourth-order valence-corrected chi connectivity index (χ4v) is 2.65. The predicted molar refractivity (Wildman–Crippen MR) is 79.6 cm³/mol. The largest absolute Gasteiger partial charge is 0.380 e. The fourth-order valence-electron chi connectivity index (χ4n) is 2.65. The second-order valence-electron chi connectivity index (χ2n) is 4.95. The lowest BCUT2D eigenvalue weighted by Gasteiger charge is -2.31. The van der Waals surface area contributed by atoms with Crippen LogP contribution in [0.1, 0.15) is 31.0 Å². The third-order valence-electron chi connectivity index (χ3n) is 3.76. The zero-order valence-electron chi connectivity index (χ0n) is 12.4. The zero-order chi connectivity index (χ0) is 14.4. The fraction of sp³-hybridized carbons (Fsp3) is 0.562. The minimum Gasteiger partial charge on any atom is -0.380 e. The van der Waals surface area contributed by atoms with Crippen LogP contribution in [-0.2, 0) is 16.0 Å². The molecule has 4 nitrogen and oxygen atoms in total. The van der Waals surface area contributed by atoms with Gasteiger partial charge < -0.3 is 15.0 Å². The van der Waals surface area contributed by atoms with Gasteiger partial charge in [-0.1, -0.05) is 24.3 Å². The molecular weight excluding hydrogens is 252 g/mol. The average molecular weight is 276 g/mol. The van der Waals surface area contributed by atoms with Gasteiger partial charge in [-0.15, -0.1) is 0 Å². The Morgan fingerprint density at radius 3 is 2.95 bits per heavy atom. The molecule has 1 amide bonds. The Morgan fingerprint density at radius 1 is 1.40 bits per heavy atom. The van der Waals surface area contributed by atoms with Crippen LogP contribution < -0.4 is 5.32 Å². The van der Waals surface area contributed by atoms with Crippen LogP contribution in [0, 0.1) is 0 Å². The van der Waals surface area contributed by atoms with E-state index in [0.717, 1.165) is 18.5 Å². The minimum absolute atomic E-state index is 0.152. The van der Waals surface area contributed by atoms with E-state index in [9.17, 15) is 4.79 Å². The Morgan fingerprint density at radius 2 is 2.20 bits per heavy atom. The Hall–Kier alpha value is -1.39. The molecule has 1 aliphatic rings. The van der Waals surface area contributed by atoms with Gasteiger partial charge in [-0.2, -0.15) is 0 Å². The smallest absolute Gasteiger partial charge is 0.244 e. The Bertz CT molecular complexity index is 448. The number of fused-ring (bicyclic) bond motifs is 1. The molecule has 0 radical (unpaired) electrons. The van der Waals surface area contributed by atoms with Crippen molar-refractivity contribution in [3.8, 4) is 0 Å². The highest BCUT2D eigenvalue weighted by Gasteiger charge is 2.28. The monoisotopic (exact) mass is 276 g/mol. The molecule has 2 rings (SSSR count). The highest BCUT2D eigenvalue weighted by atomic mass is 16.5.